The SMILES string of the molecule is COC(=O)N[C@H]1Cc2cc(on2)COCc2[nH]c(nc2-c2ccc(-c3ccc(-c4c[nH]c([C@@H]5CCCN5C(=O)[C@@H](C)C(C)C)n4)cc3)cc2)[C@@H]2CCCN2C1=O. The maximum absolute atomic E-state index is 14.0. The van der Waals surface area contributed by atoms with Gasteiger partial charge >= 0.3 is 6.09 Å². The number of nitrogens with zero attached hydrogens (tertiary/aromatic N) is 5. The van der Waals surface area contributed by atoms with Gasteiger partial charge in [-0.3, -0.25) is 9.59 Å². The van der Waals surface area contributed by atoms with E-state index in [9.17, 15) is 14.4 Å². The Morgan fingerprint density at radius 2 is 1.59 bits per heavy atom. The highest BCUT2D eigenvalue weighted by Crippen LogP contribution is 2.36. The lowest BCUT2D eigenvalue weighted by atomic mass is 9.96. The van der Waals surface area contributed by atoms with Crippen LogP contribution in [0.5, 0.6) is 0 Å². The van der Waals surface area contributed by atoms with E-state index in [-0.39, 0.29) is 49.5 Å². The van der Waals surface area contributed by atoms with E-state index in [0.29, 0.717) is 29.7 Å². The molecule has 3 aliphatic heterocycles. The molecule has 5 aromatic rings. The van der Waals surface area contributed by atoms with Gasteiger partial charge in [0.1, 0.15) is 24.3 Å². The van der Waals surface area contributed by atoms with Crippen molar-refractivity contribution < 1.29 is 28.4 Å². The first kappa shape index (κ1) is 37.2. The van der Waals surface area contributed by atoms with E-state index in [4.69, 9.17) is 24.0 Å². The summed E-state index contributed by atoms with van der Waals surface area (Å²) >= 11 is 0. The van der Waals surface area contributed by atoms with Crippen molar-refractivity contribution in [3.63, 3.8) is 0 Å². The zero-order chi connectivity index (χ0) is 38.9. The van der Waals surface area contributed by atoms with Crippen LogP contribution in [0.3, 0.4) is 0 Å². The van der Waals surface area contributed by atoms with Gasteiger partial charge in [-0.15, -0.1) is 0 Å². The van der Waals surface area contributed by atoms with E-state index in [1.807, 2.05) is 30.2 Å². The van der Waals surface area contributed by atoms with Gasteiger partial charge in [-0.25, -0.2) is 14.8 Å². The summed E-state index contributed by atoms with van der Waals surface area (Å²) < 4.78 is 16.4. The number of carbonyl (C=O) groups excluding carboxylic acids is 3. The Kier molecular flexibility index (Phi) is 10.5. The van der Waals surface area contributed by atoms with Gasteiger partial charge < -0.3 is 39.1 Å². The molecule has 0 unspecified atom stereocenters. The Morgan fingerprint density at radius 1 is 0.893 bits per heavy atom. The Hall–Kier alpha value is -5.76. The predicted molar refractivity (Wildman–Crippen MR) is 206 cm³/mol. The minimum Gasteiger partial charge on any atom is -0.453 e. The van der Waals surface area contributed by atoms with Crippen LogP contribution >= 0.6 is 0 Å². The van der Waals surface area contributed by atoms with Crippen LogP contribution in [0.2, 0.25) is 0 Å². The van der Waals surface area contributed by atoms with Gasteiger partial charge in [-0.2, -0.15) is 0 Å². The van der Waals surface area contributed by atoms with Gasteiger partial charge in [-0.1, -0.05) is 74.5 Å². The molecule has 56 heavy (non-hydrogen) atoms. The number of hydrogen-bond donors (Lipinski definition) is 3. The second-order valence-electron chi connectivity index (χ2n) is 15.4. The van der Waals surface area contributed by atoms with E-state index in [2.05, 4.69) is 70.7 Å². The molecule has 0 saturated carbocycles. The molecule has 8 rings (SSSR count). The van der Waals surface area contributed by atoms with Crippen LogP contribution in [-0.2, 0) is 38.7 Å². The molecule has 14 nitrogen and oxygen atoms in total. The van der Waals surface area contributed by atoms with Crippen LogP contribution in [0.1, 0.15) is 87.3 Å². The number of H-pyrrole nitrogens is 2. The second kappa shape index (κ2) is 15.8. The largest absolute Gasteiger partial charge is 0.453 e. The number of carbonyl (C=O) groups is 3. The Balaban J connectivity index is 1.01. The minimum atomic E-state index is -0.893. The molecule has 292 valence electrons. The summed E-state index contributed by atoms with van der Waals surface area (Å²) in [4.78, 5) is 60.0. The number of imidazole rings is 2. The van der Waals surface area contributed by atoms with Crippen LogP contribution in [-0.4, -0.2) is 79.0 Å². The maximum atomic E-state index is 14.0. The molecule has 3 amide bonds. The highest BCUT2D eigenvalue weighted by molar-refractivity contribution is 5.86. The Bertz CT molecular complexity index is 2190. The number of aromatic amines is 2. The molecule has 0 spiro atoms. The minimum absolute atomic E-state index is 0.0231. The first-order valence-corrected chi connectivity index (χ1v) is 19.5. The van der Waals surface area contributed by atoms with Gasteiger partial charge in [-0.05, 0) is 42.7 Å². The summed E-state index contributed by atoms with van der Waals surface area (Å²) in [5.41, 5.74) is 6.93. The van der Waals surface area contributed by atoms with Crippen molar-refractivity contribution >= 4 is 17.9 Å². The molecule has 3 N–H and O–H groups in total. The van der Waals surface area contributed by atoms with Crippen LogP contribution in [0.15, 0.2) is 65.3 Å². The van der Waals surface area contributed by atoms with Crippen LogP contribution in [0.4, 0.5) is 4.79 Å². The first-order valence-electron chi connectivity index (χ1n) is 19.5. The Morgan fingerprint density at radius 3 is 2.32 bits per heavy atom. The van der Waals surface area contributed by atoms with E-state index >= 15 is 0 Å². The van der Waals surface area contributed by atoms with Crippen molar-refractivity contribution in [3.8, 4) is 33.6 Å². The summed E-state index contributed by atoms with van der Waals surface area (Å²) in [5.74, 6) is 2.25. The van der Waals surface area contributed by atoms with E-state index in [1.165, 1.54) is 7.11 Å². The topological polar surface area (TPSA) is 172 Å². The van der Waals surface area contributed by atoms with Crippen LogP contribution < -0.4 is 5.32 Å². The van der Waals surface area contributed by atoms with Crippen molar-refractivity contribution in [2.45, 2.75) is 84.2 Å². The highest BCUT2D eigenvalue weighted by Gasteiger charge is 2.38. The molecule has 4 atom stereocenters. The van der Waals surface area contributed by atoms with Crippen molar-refractivity contribution in [3.05, 3.63) is 89.6 Å². The third-order valence-electron chi connectivity index (χ3n) is 11.4. The molecule has 6 heterocycles. The molecule has 3 aliphatic rings. The number of benzene rings is 2. The summed E-state index contributed by atoms with van der Waals surface area (Å²) in [6, 6.07) is 17.1. The van der Waals surface area contributed by atoms with Gasteiger partial charge in [0.25, 0.3) is 0 Å². The third-order valence-corrected chi connectivity index (χ3v) is 11.4. The van der Waals surface area contributed by atoms with Gasteiger partial charge in [0.2, 0.25) is 11.8 Å². The summed E-state index contributed by atoms with van der Waals surface area (Å²) in [5, 5.41) is 6.81. The van der Waals surface area contributed by atoms with Gasteiger partial charge in [0.15, 0.2) is 5.76 Å². The molecular formula is C42H48N8O6. The summed E-state index contributed by atoms with van der Waals surface area (Å²) in [6.45, 7) is 7.92. The van der Waals surface area contributed by atoms with Crippen molar-refractivity contribution in [1.29, 1.82) is 0 Å². The number of amides is 3. The molecule has 3 aromatic heterocycles. The molecule has 2 saturated heterocycles. The van der Waals surface area contributed by atoms with E-state index < -0.39 is 12.1 Å². The van der Waals surface area contributed by atoms with Crippen LogP contribution in [0.25, 0.3) is 33.6 Å². The van der Waals surface area contributed by atoms with Crippen molar-refractivity contribution in [2.75, 3.05) is 20.2 Å². The summed E-state index contributed by atoms with van der Waals surface area (Å²) in [7, 11) is 1.27. The molecule has 14 heteroatoms. The smallest absolute Gasteiger partial charge is 0.407 e. The van der Waals surface area contributed by atoms with E-state index in [1.54, 1.807) is 11.0 Å². The number of ether oxygens (including phenoxy) is 2. The normalized spacial score (nSPS) is 20.5. The molecular weight excluding hydrogens is 713 g/mol. The summed E-state index contributed by atoms with van der Waals surface area (Å²) in [6.07, 6.45) is 4.79. The average molecular weight is 761 g/mol. The highest BCUT2D eigenvalue weighted by atomic mass is 16.5. The first-order chi connectivity index (χ1) is 27.2. The number of alkyl carbamates (subject to hydrolysis) is 1. The zero-order valence-corrected chi connectivity index (χ0v) is 32.2. The maximum Gasteiger partial charge on any atom is 0.407 e. The number of likely N-dealkylation sites (tertiary alicyclic amines) is 1. The fraction of sp³-hybridized carbons (Fsp3) is 0.429. The quantitative estimate of drug-likeness (QED) is 0.163. The monoisotopic (exact) mass is 760 g/mol. The number of fused-ring (bicyclic) bond motifs is 6. The molecule has 2 aromatic carbocycles. The third kappa shape index (κ3) is 7.45. The standard InChI is InChI=1S/C42H48N8O6/c1-24(2)25(3)40(51)49-17-5-7-35(49)38-43-21-33(44-38)28-13-9-26(10-14-28)27-11-15-29(16-12-27)37-34-23-55-22-31-19-30(48-56-31)20-32(46-42(53)54-4)41(52)50-18-6-8-36(50)39(45-34)47-37/h9-16,19,21,24-25,32,35-36H,5-8,17-18,20,22-23H2,1-4H3,(H,43,44)(H,45,47)(H,46,53)/t25-,32-,35-,36-/m0/s1. The fourth-order valence-electron chi connectivity index (χ4n) is 8.00. The lowest BCUT2D eigenvalue weighted by Gasteiger charge is -2.28. The number of hydrogen-bond acceptors (Lipinski definition) is 9. The average Bonchev–Trinajstić information content (AvgIpc) is 4.06. The van der Waals surface area contributed by atoms with Crippen molar-refractivity contribution in [1.82, 2.24) is 40.2 Å². The molecule has 0 aliphatic carbocycles. The Labute approximate surface area is 325 Å². The lowest BCUT2D eigenvalue weighted by Crippen LogP contribution is -2.49. The number of methoxy groups -OCH3 is 1. The fourth-order valence-corrected chi connectivity index (χ4v) is 8.00. The zero-order valence-electron chi connectivity index (χ0n) is 32.2. The van der Waals surface area contributed by atoms with Gasteiger partial charge in [0.05, 0.1) is 48.6 Å². The molecule has 0 radical (unpaired) electrons. The second-order valence-corrected chi connectivity index (χ2v) is 15.4. The predicted octanol–water partition coefficient (Wildman–Crippen LogP) is 6.74. The molecule has 4 bridgehead atoms. The van der Waals surface area contributed by atoms with Crippen LogP contribution in [0, 0.1) is 11.8 Å². The van der Waals surface area contributed by atoms with Crippen molar-refractivity contribution in [2.24, 2.45) is 11.8 Å². The number of nitrogens with one attached hydrogen (secondary N) is 3. The van der Waals surface area contributed by atoms with E-state index in [0.717, 1.165) is 77.4 Å². The lowest BCUT2D eigenvalue weighted by molar-refractivity contribution is -0.137. The molecule has 2 fully saturated rings. The number of rotatable bonds is 7. The number of aromatic nitrogens is 5. The van der Waals surface area contributed by atoms with Gasteiger partial charge in [0, 0.05) is 48.8 Å².